The third-order valence-corrected chi connectivity index (χ3v) is 2.05. The molecule has 2 heterocycles. The number of carboxylic acid groups (broad SMARTS) is 1. The molecule has 0 spiro atoms. The van der Waals surface area contributed by atoms with Crippen LogP contribution in [0.15, 0.2) is 12.4 Å². The van der Waals surface area contributed by atoms with E-state index < -0.39 is 5.97 Å². The molecule has 1 aliphatic heterocycles. The third kappa shape index (κ3) is 1.44. The van der Waals surface area contributed by atoms with Gasteiger partial charge in [0, 0.05) is 19.2 Å². The van der Waals surface area contributed by atoms with Crippen molar-refractivity contribution in [2.75, 3.05) is 18.0 Å². The van der Waals surface area contributed by atoms with Crippen LogP contribution in [-0.4, -0.2) is 34.1 Å². The topological polar surface area (TPSA) is 66.3 Å². The third-order valence-electron chi connectivity index (χ3n) is 2.05. The highest BCUT2D eigenvalue weighted by Gasteiger charge is 2.17. The quantitative estimate of drug-likeness (QED) is 0.711. The van der Waals surface area contributed by atoms with Crippen molar-refractivity contribution in [2.24, 2.45) is 0 Å². The van der Waals surface area contributed by atoms with E-state index in [1.807, 2.05) is 4.90 Å². The first-order valence-electron chi connectivity index (χ1n) is 4.07. The molecule has 1 saturated heterocycles. The normalized spacial score (nSPS) is 15.2. The Labute approximate surface area is 75.0 Å². The highest BCUT2D eigenvalue weighted by Crippen LogP contribution is 2.17. The summed E-state index contributed by atoms with van der Waals surface area (Å²) < 4.78 is 0. The van der Waals surface area contributed by atoms with Gasteiger partial charge in [-0.3, -0.25) is 0 Å². The number of hydrogen-bond donors (Lipinski definition) is 1. The monoisotopic (exact) mass is 179 g/mol. The lowest BCUT2D eigenvalue weighted by atomic mass is 10.2. The Bertz CT molecular complexity index is 336. The fraction of sp³-hybridized carbons (Fsp3) is 0.375. The van der Waals surface area contributed by atoms with Gasteiger partial charge in [-0.2, -0.15) is 0 Å². The van der Waals surface area contributed by atoms with Gasteiger partial charge >= 0.3 is 5.97 Å². The average Bonchev–Trinajstić information content (AvgIpc) is 2.01. The van der Waals surface area contributed by atoms with E-state index in [1.54, 1.807) is 0 Å². The van der Waals surface area contributed by atoms with Crippen molar-refractivity contribution >= 4 is 11.8 Å². The summed E-state index contributed by atoms with van der Waals surface area (Å²) in [5.41, 5.74) is 0.0527. The number of aromatic nitrogens is 2. The summed E-state index contributed by atoms with van der Waals surface area (Å²) in [5.74, 6) is -0.303. The smallest absolute Gasteiger partial charge is 0.354 e. The molecule has 1 aromatic rings. The number of carboxylic acids is 1. The summed E-state index contributed by atoms with van der Waals surface area (Å²) in [5, 5.41) is 8.67. The van der Waals surface area contributed by atoms with Gasteiger partial charge in [0.2, 0.25) is 0 Å². The van der Waals surface area contributed by atoms with Crippen LogP contribution < -0.4 is 4.90 Å². The maximum atomic E-state index is 10.6. The number of nitrogens with zero attached hydrogens (tertiary/aromatic N) is 3. The lowest BCUT2D eigenvalue weighted by Crippen LogP contribution is -2.37. The average molecular weight is 179 g/mol. The first kappa shape index (κ1) is 7.97. The first-order valence-corrected chi connectivity index (χ1v) is 4.07. The summed E-state index contributed by atoms with van der Waals surface area (Å²) in [6, 6.07) is 1.50. The van der Waals surface area contributed by atoms with E-state index in [0.29, 0.717) is 5.82 Å². The minimum Gasteiger partial charge on any atom is -0.477 e. The molecule has 0 radical (unpaired) electrons. The van der Waals surface area contributed by atoms with E-state index in [9.17, 15) is 4.79 Å². The number of anilines is 1. The maximum Gasteiger partial charge on any atom is 0.354 e. The van der Waals surface area contributed by atoms with Crippen molar-refractivity contribution < 1.29 is 9.90 Å². The molecule has 1 aliphatic rings. The van der Waals surface area contributed by atoms with Gasteiger partial charge in [0.1, 0.15) is 12.1 Å². The molecule has 68 valence electrons. The molecule has 0 unspecified atom stereocenters. The largest absolute Gasteiger partial charge is 0.477 e. The van der Waals surface area contributed by atoms with Gasteiger partial charge in [0.05, 0.1) is 0 Å². The second-order valence-corrected chi connectivity index (χ2v) is 2.91. The lowest BCUT2D eigenvalue weighted by Gasteiger charge is -2.31. The molecule has 1 N–H and O–H groups in total. The number of aromatic carboxylic acids is 1. The Hall–Kier alpha value is -1.65. The van der Waals surface area contributed by atoms with E-state index in [2.05, 4.69) is 9.97 Å². The molecule has 13 heavy (non-hydrogen) atoms. The fourth-order valence-electron chi connectivity index (χ4n) is 1.18. The van der Waals surface area contributed by atoms with Crippen LogP contribution in [0.1, 0.15) is 16.9 Å². The number of carbonyl (C=O) groups is 1. The number of rotatable bonds is 2. The minimum atomic E-state index is -1.01. The number of hydrogen-bond acceptors (Lipinski definition) is 4. The predicted molar refractivity (Wildman–Crippen MR) is 45.8 cm³/mol. The fourth-order valence-corrected chi connectivity index (χ4v) is 1.18. The summed E-state index contributed by atoms with van der Waals surface area (Å²) in [6.07, 6.45) is 2.43. The molecule has 0 saturated carbocycles. The second kappa shape index (κ2) is 3.01. The zero-order chi connectivity index (χ0) is 9.26. The lowest BCUT2D eigenvalue weighted by molar-refractivity contribution is 0.0690. The summed E-state index contributed by atoms with van der Waals surface area (Å²) in [7, 11) is 0. The van der Waals surface area contributed by atoms with Crippen LogP contribution in [0.3, 0.4) is 0 Å². The van der Waals surface area contributed by atoms with Crippen LogP contribution in [0.4, 0.5) is 5.82 Å². The van der Waals surface area contributed by atoms with Gasteiger partial charge in [0.25, 0.3) is 0 Å². The Balaban J connectivity index is 2.26. The minimum absolute atomic E-state index is 0.0527. The van der Waals surface area contributed by atoms with E-state index in [1.165, 1.54) is 12.4 Å². The van der Waals surface area contributed by atoms with E-state index in [-0.39, 0.29) is 5.69 Å². The SMILES string of the molecule is O=C(O)c1cc(N2CCC2)ncn1. The molecule has 1 fully saturated rings. The van der Waals surface area contributed by atoms with Crippen molar-refractivity contribution in [3.05, 3.63) is 18.1 Å². The van der Waals surface area contributed by atoms with Crippen LogP contribution in [0.5, 0.6) is 0 Å². The van der Waals surface area contributed by atoms with Crippen molar-refractivity contribution in [2.45, 2.75) is 6.42 Å². The Kier molecular flexibility index (Phi) is 1.84. The van der Waals surface area contributed by atoms with Crippen LogP contribution in [0.25, 0.3) is 0 Å². The van der Waals surface area contributed by atoms with Gasteiger partial charge in [0.15, 0.2) is 5.69 Å². The molecule has 5 nitrogen and oxygen atoms in total. The van der Waals surface area contributed by atoms with Gasteiger partial charge < -0.3 is 10.0 Å². The zero-order valence-electron chi connectivity index (χ0n) is 6.97. The summed E-state index contributed by atoms with van der Waals surface area (Å²) >= 11 is 0. The molecule has 0 aromatic carbocycles. The van der Waals surface area contributed by atoms with E-state index in [0.717, 1.165) is 19.5 Å². The first-order chi connectivity index (χ1) is 6.27. The molecule has 0 atom stereocenters. The molecule has 0 amide bonds. The summed E-state index contributed by atoms with van der Waals surface area (Å²) in [4.78, 5) is 20.2. The molecule has 0 bridgehead atoms. The molecular weight excluding hydrogens is 170 g/mol. The van der Waals surface area contributed by atoms with Gasteiger partial charge in [-0.25, -0.2) is 14.8 Å². The summed E-state index contributed by atoms with van der Waals surface area (Å²) in [6.45, 7) is 1.91. The van der Waals surface area contributed by atoms with Crippen molar-refractivity contribution in [1.29, 1.82) is 0 Å². The molecule has 0 aliphatic carbocycles. The Morgan fingerprint density at radius 1 is 1.46 bits per heavy atom. The standard InChI is InChI=1S/C8H9N3O2/c12-8(13)6-4-7(10-5-9-6)11-2-1-3-11/h4-5H,1-3H2,(H,12,13). The Morgan fingerprint density at radius 3 is 2.77 bits per heavy atom. The maximum absolute atomic E-state index is 10.6. The highest BCUT2D eigenvalue weighted by atomic mass is 16.4. The van der Waals surface area contributed by atoms with Gasteiger partial charge in [-0.15, -0.1) is 0 Å². The van der Waals surface area contributed by atoms with Crippen molar-refractivity contribution in [3.8, 4) is 0 Å². The predicted octanol–water partition coefficient (Wildman–Crippen LogP) is 0.385. The van der Waals surface area contributed by atoms with Crippen molar-refractivity contribution in [3.63, 3.8) is 0 Å². The van der Waals surface area contributed by atoms with Crippen LogP contribution >= 0.6 is 0 Å². The van der Waals surface area contributed by atoms with E-state index in [4.69, 9.17) is 5.11 Å². The van der Waals surface area contributed by atoms with Crippen LogP contribution in [0, 0.1) is 0 Å². The molecule has 5 heteroatoms. The molecule has 2 rings (SSSR count). The second-order valence-electron chi connectivity index (χ2n) is 2.91. The van der Waals surface area contributed by atoms with E-state index >= 15 is 0 Å². The van der Waals surface area contributed by atoms with Crippen molar-refractivity contribution in [1.82, 2.24) is 9.97 Å². The van der Waals surface area contributed by atoms with Gasteiger partial charge in [-0.1, -0.05) is 0 Å². The molecular formula is C8H9N3O2. The zero-order valence-corrected chi connectivity index (χ0v) is 6.97. The van der Waals surface area contributed by atoms with Crippen LogP contribution in [0.2, 0.25) is 0 Å². The molecule has 1 aromatic heterocycles. The highest BCUT2D eigenvalue weighted by molar-refractivity contribution is 5.86. The Morgan fingerprint density at radius 2 is 2.23 bits per heavy atom. The van der Waals surface area contributed by atoms with Crippen LogP contribution in [-0.2, 0) is 0 Å². The van der Waals surface area contributed by atoms with Gasteiger partial charge in [-0.05, 0) is 6.42 Å².